The lowest BCUT2D eigenvalue weighted by molar-refractivity contribution is 0.102. The van der Waals surface area contributed by atoms with Crippen LogP contribution in [0, 0.1) is 11.6 Å². The quantitative estimate of drug-likeness (QED) is 0.519. The number of hydrogen-bond acceptors (Lipinski definition) is 2. The smallest absolute Gasteiger partial charge is 0.221 e. The molecule has 3 aromatic rings. The van der Waals surface area contributed by atoms with Gasteiger partial charge in [-0.15, -0.1) is 0 Å². The van der Waals surface area contributed by atoms with Crippen LogP contribution in [0.3, 0.4) is 0 Å². The van der Waals surface area contributed by atoms with Crippen LogP contribution in [0.2, 0.25) is 0 Å². The lowest BCUT2D eigenvalue weighted by Crippen LogP contribution is -1.93. The molecule has 0 unspecified atom stereocenters. The molecule has 0 aliphatic heterocycles. The fourth-order valence-corrected chi connectivity index (χ4v) is 2.01. The number of carbonyl (C=O) groups excluding carboxylic acids is 1. The van der Waals surface area contributed by atoms with Crippen LogP contribution in [-0.2, 0) is 0 Å². The van der Waals surface area contributed by atoms with E-state index in [1.54, 1.807) is 18.2 Å². The molecule has 0 saturated heterocycles. The number of fused-ring (bicyclic) bond motifs is 1. The Labute approximate surface area is 119 Å². The summed E-state index contributed by atoms with van der Waals surface area (Å²) in [6.07, 6.45) is 2.21. The number of ketones is 1. The highest BCUT2D eigenvalue weighted by atomic mass is 19.1. The van der Waals surface area contributed by atoms with Gasteiger partial charge in [-0.2, -0.15) is 0 Å². The van der Waals surface area contributed by atoms with Crippen LogP contribution in [0.1, 0.15) is 16.1 Å². The summed E-state index contributed by atoms with van der Waals surface area (Å²) < 4.78 is 32.3. The van der Waals surface area contributed by atoms with Crippen molar-refractivity contribution in [3.05, 3.63) is 77.6 Å². The highest BCUT2D eigenvalue weighted by molar-refractivity contribution is 6.06. The number of para-hydroxylation sites is 1. The third-order valence-electron chi connectivity index (χ3n) is 3.07. The van der Waals surface area contributed by atoms with E-state index < -0.39 is 17.4 Å². The van der Waals surface area contributed by atoms with Crippen LogP contribution >= 0.6 is 0 Å². The topological polar surface area (TPSA) is 30.2 Å². The van der Waals surface area contributed by atoms with Crippen molar-refractivity contribution in [3.63, 3.8) is 0 Å². The predicted octanol–water partition coefficient (Wildman–Crippen LogP) is 4.61. The number of furan rings is 1. The van der Waals surface area contributed by atoms with Gasteiger partial charge >= 0.3 is 0 Å². The molecule has 0 radical (unpaired) electrons. The zero-order valence-corrected chi connectivity index (χ0v) is 10.8. The number of halogens is 2. The molecule has 0 saturated carbocycles. The summed E-state index contributed by atoms with van der Waals surface area (Å²) in [4.78, 5) is 12.0. The number of rotatable bonds is 3. The number of hydrogen-bond donors (Lipinski definition) is 0. The van der Waals surface area contributed by atoms with Crippen molar-refractivity contribution in [2.75, 3.05) is 0 Å². The molecule has 0 aliphatic rings. The van der Waals surface area contributed by atoms with Crippen molar-refractivity contribution in [2.45, 2.75) is 0 Å². The van der Waals surface area contributed by atoms with E-state index in [9.17, 15) is 13.6 Å². The SMILES string of the molecule is O=C(C=Cc1c(F)cccc1F)c1cc2ccccc2o1. The molecule has 4 heteroatoms. The molecular formula is C17H10F2O2. The molecule has 21 heavy (non-hydrogen) atoms. The molecule has 0 N–H and O–H groups in total. The Bertz CT molecular complexity index is 794. The third kappa shape index (κ3) is 2.60. The van der Waals surface area contributed by atoms with E-state index in [0.717, 1.165) is 29.7 Å². The van der Waals surface area contributed by atoms with Gasteiger partial charge < -0.3 is 4.42 Å². The molecule has 1 aromatic heterocycles. The van der Waals surface area contributed by atoms with Gasteiger partial charge in [0.15, 0.2) is 5.76 Å². The first-order chi connectivity index (χ1) is 10.1. The maximum Gasteiger partial charge on any atom is 0.221 e. The van der Waals surface area contributed by atoms with Crippen LogP contribution in [0.15, 0.2) is 59.0 Å². The minimum atomic E-state index is -0.719. The second-order valence-corrected chi connectivity index (χ2v) is 4.48. The van der Waals surface area contributed by atoms with Gasteiger partial charge in [-0.25, -0.2) is 8.78 Å². The molecule has 0 spiro atoms. The molecule has 104 valence electrons. The van der Waals surface area contributed by atoms with E-state index in [2.05, 4.69) is 0 Å². The van der Waals surface area contributed by atoms with Crippen molar-refractivity contribution in [2.24, 2.45) is 0 Å². The Balaban J connectivity index is 1.90. The van der Waals surface area contributed by atoms with Gasteiger partial charge in [-0.05, 0) is 36.4 Å². The molecule has 3 rings (SSSR count). The van der Waals surface area contributed by atoms with E-state index in [1.807, 2.05) is 12.1 Å². The minimum absolute atomic E-state index is 0.129. The summed E-state index contributed by atoms with van der Waals surface area (Å²) in [6.45, 7) is 0. The van der Waals surface area contributed by atoms with Crippen LogP contribution < -0.4 is 0 Å². The van der Waals surface area contributed by atoms with Crippen LogP contribution in [0.25, 0.3) is 17.0 Å². The van der Waals surface area contributed by atoms with Gasteiger partial charge in [0.1, 0.15) is 17.2 Å². The van der Waals surface area contributed by atoms with Crippen molar-refractivity contribution < 1.29 is 18.0 Å². The standard InChI is InChI=1S/C17H10F2O2/c18-13-5-3-6-14(19)12(13)8-9-15(20)17-10-11-4-1-2-7-16(11)21-17/h1-10H. The zero-order chi connectivity index (χ0) is 14.8. The molecule has 0 fully saturated rings. The molecule has 2 aromatic carbocycles. The molecular weight excluding hydrogens is 274 g/mol. The Morgan fingerprint density at radius 3 is 2.43 bits per heavy atom. The summed E-state index contributed by atoms with van der Waals surface area (Å²) in [5, 5.41) is 0.798. The molecule has 0 bridgehead atoms. The monoisotopic (exact) mass is 284 g/mol. The van der Waals surface area contributed by atoms with Crippen LogP contribution in [0.5, 0.6) is 0 Å². The summed E-state index contributed by atoms with van der Waals surface area (Å²) in [7, 11) is 0. The number of benzene rings is 2. The van der Waals surface area contributed by atoms with E-state index in [4.69, 9.17) is 4.42 Å². The lowest BCUT2D eigenvalue weighted by Gasteiger charge is -1.97. The van der Waals surface area contributed by atoms with Crippen molar-refractivity contribution in [1.82, 2.24) is 0 Å². The normalized spacial score (nSPS) is 11.3. The van der Waals surface area contributed by atoms with Crippen molar-refractivity contribution in [1.29, 1.82) is 0 Å². The Morgan fingerprint density at radius 1 is 1.00 bits per heavy atom. The molecule has 2 nitrogen and oxygen atoms in total. The zero-order valence-electron chi connectivity index (χ0n) is 10.8. The average molecular weight is 284 g/mol. The first-order valence-corrected chi connectivity index (χ1v) is 6.30. The summed E-state index contributed by atoms with van der Waals surface area (Å²) in [5.41, 5.74) is 0.341. The Kier molecular flexibility index (Phi) is 3.36. The maximum absolute atomic E-state index is 13.4. The fraction of sp³-hybridized carbons (Fsp3) is 0. The number of allylic oxidation sites excluding steroid dienone is 1. The van der Waals surface area contributed by atoms with Crippen LogP contribution in [-0.4, -0.2) is 5.78 Å². The van der Waals surface area contributed by atoms with E-state index in [-0.39, 0.29) is 11.3 Å². The fourth-order valence-electron chi connectivity index (χ4n) is 2.01. The summed E-state index contributed by atoms with van der Waals surface area (Å²) >= 11 is 0. The Morgan fingerprint density at radius 2 is 1.71 bits per heavy atom. The molecule has 0 amide bonds. The average Bonchev–Trinajstić information content (AvgIpc) is 2.90. The second kappa shape index (κ2) is 5.32. The van der Waals surface area contributed by atoms with Gasteiger partial charge in [-0.3, -0.25) is 4.79 Å². The van der Waals surface area contributed by atoms with Gasteiger partial charge in [0, 0.05) is 10.9 Å². The Hall–Kier alpha value is -2.75. The van der Waals surface area contributed by atoms with E-state index in [1.165, 1.54) is 6.07 Å². The van der Waals surface area contributed by atoms with Gasteiger partial charge in [0.05, 0.1) is 0 Å². The van der Waals surface area contributed by atoms with Gasteiger partial charge in [0.25, 0.3) is 0 Å². The third-order valence-corrected chi connectivity index (χ3v) is 3.07. The summed E-state index contributed by atoms with van der Waals surface area (Å²) in [6, 6.07) is 12.3. The first kappa shape index (κ1) is 13.2. The largest absolute Gasteiger partial charge is 0.453 e. The van der Waals surface area contributed by atoms with E-state index >= 15 is 0 Å². The highest BCUT2D eigenvalue weighted by Crippen LogP contribution is 2.20. The minimum Gasteiger partial charge on any atom is -0.453 e. The maximum atomic E-state index is 13.4. The first-order valence-electron chi connectivity index (χ1n) is 6.30. The van der Waals surface area contributed by atoms with Gasteiger partial charge in [0.2, 0.25) is 5.78 Å². The summed E-state index contributed by atoms with van der Waals surface area (Å²) in [5.74, 6) is -1.76. The highest BCUT2D eigenvalue weighted by Gasteiger charge is 2.10. The predicted molar refractivity (Wildman–Crippen MR) is 75.9 cm³/mol. The second-order valence-electron chi connectivity index (χ2n) is 4.48. The van der Waals surface area contributed by atoms with Crippen molar-refractivity contribution in [3.8, 4) is 0 Å². The number of carbonyl (C=O) groups is 1. The lowest BCUT2D eigenvalue weighted by atomic mass is 10.1. The molecule has 0 aliphatic carbocycles. The van der Waals surface area contributed by atoms with Gasteiger partial charge in [-0.1, -0.05) is 24.3 Å². The molecule has 0 atom stereocenters. The molecule has 1 heterocycles. The van der Waals surface area contributed by atoms with E-state index in [0.29, 0.717) is 5.58 Å². The van der Waals surface area contributed by atoms with Crippen molar-refractivity contribution >= 4 is 22.8 Å². The van der Waals surface area contributed by atoms with Crippen LogP contribution in [0.4, 0.5) is 8.78 Å².